The van der Waals surface area contributed by atoms with Gasteiger partial charge in [0.05, 0.1) is 10.5 Å². The average Bonchev–Trinajstić information content (AvgIpc) is 2.16. The predicted octanol–water partition coefficient (Wildman–Crippen LogP) is 3.58. The molecule has 0 aliphatic heterocycles. The number of aryl methyl sites for hydroxylation is 1. The molecule has 15 heavy (non-hydrogen) atoms. The summed E-state index contributed by atoms with van der Waals surface area (Å²) in [7, 11) is 0. The summed E-state index contributed by atoms with van der Waals surface area (Å²) in [5.74, 6) is 0. The van der Waals surface area contributed by atoms with E-state index in [2.05, 4.69) is 4.98 Å². The van der Waals surface area contributed by atoms with E-state index < -0.39 is 5.24 Å². The molecule has 2 rings (SSSR count). The fraction of sp³-hybridized carbons (Fsp3) is 0.0909. The lowest BCUT2D eigenvalue weighted by Crippen LogP contribution is -1.91. The number of benzene rings is 1. The van der Waals surface area contributed by atoms with E-state index in [0.29, 0.717) is 10.6 Å². The van der Waals surface area contributed by atoms with Crippen LogP contribution in [-0.4, -0.2) is 10.2 Å². The average molecular weight is 240 g/mol. The SMILES string of the molecule is Cc1cc(Cl)c2cc(C(=O)Cl)ccc2n1. The summed E-state index contributed by atoms with van der Waals surface area (Å²) in [6.45, 7) is 1.87. The minimum absolute atomic E-state index is 0.428. The van der Waals surface area contributed by atoms with Crippen LogP contribution in [0, 0.1) is 6.92 Å². The quantitative estimate of drug-likeness (QED) is 0.713. The summed E-state index contributed by atoms with van der Waals surface area (Å²) in [6, 6.07) is 6.79. The fourth-order valence-electron chi connectivity index (χ4n) is 1.43. The molecule has 0 bridgehead atoms. The van der Waals surface area contributed by atoms with E-state index in [1.165, 1.54) is 0 Å². The summed E-state index contributed by atoms with van der Waals surface area (Å²) >= 11 is 11.4. The van der Waals surface area contributed by atoms with Crippen LogP contribution in [0.1, 0.15) is 16.1 Å². The number of carbonyl (C=O) groups is 1. The van der Waals surface area contributed by atoms with Crippen LogP contribution in [0.2, 0.25) is 5.02 Å². The molecule has 0 N–H and O–H groups in total. The predicted molar refractivity (Wildman–Crippen MR) is 61.7 cm³/mol. The second kappa shape index (κ2) is 3.80. The standard InChI is InChI=1S/C11H7Cl2NO/c1-6-4-9(12)8-5-7(11(13)15)2-3-10(8)14-6/h2-5H,1H3. The minimum atomic E-state index is -0.492. The van der Waals surface area contributed by atoms with Crippen molar-refractivity contribution in [1.82, 2.24) is 4.98 Å². The second-order valence-corrected chi connectivity index (χ2v) is 4.00. The minimum Gasteiger partial charge on any atom is -0.276 e. The van der Waals surface area contributed by atoms with Gasteiger partial charge in [0.15, 0.2) is 0 Å². The van der Waals surface area contributed by atoms with Crippen molar-refractivity contribution in [2.45, 2.75) is 6.92 Å². The number of hydrogen-bond donors (Lipinski definition) is 0. The number of fused-ring (bicyclic) bond motifs is 1. The number of aromatic nitrogens is 1. The van der Waals surface area contributed by atoms with E-state index in [0.717, 1.165) is 16.6 Å². The molecule has 1 aromatic carbocycles. The third-order valence-corrected chi connectivity index (χ3v) is 2.64. The lowest BCUT2D eigenvalue weighted by Gasteiger charge is -2.03. The molecule has 0 unspecified atom stereocenters. The Morgan fingerprint density at radius 2 is 2.07 bits per heavy atom. The molecular formula is C11H7Cl2NO. The summed E-state index contributed by atoms with van der Waals surface area (Å²) in [5.41, 5.74) is 2.04. The van der Waals surface area contributed by atoms with Crippen molar-refractivity contribution in [3.05, 3.63) is 40.5 Å². The number of rotatable bonds is 1. The molecular weight excluding hydrogens is 233 g/mol. The van der Waals surface area contributed by atoms with Crippen LogP contribution in [0.25, 0.3) is 10.9 Å². The van der Waals surface area contributed by atoms with Crippen molar-refractivity contribution in [2.75, 3.05) is 0 Å². The third-order valence-electron chi connectivity index (χ3n) is 2.11. The van der Waals surface area contributed by atoms with Crippen LogP contribution in [0.4, 0.5) is 0 Å². The zero-order valence-electron chi connectivity index (χ0n) is 7.92. The van der Waals surface area contributed by atoms with E-state index in [9.17, 15) is 4.79 Å². The van der Waals surface area contributed by atoms with Gasteiger partial charge < -0.3 is 0 Å². The fourth-order valence-corrected chi connectivity index (χ4v) is 1.86. The first-order valence-electron chi connectivity index (χ1n) is 4.34. The van der Waals surface area contributed by atoms with Gasteiger partial charge in [-0.3, -0.25) is 9.78 Å². The highest BCUT2D eigenvalue weighted by atomic mass is 35.5. The normalized spacial score (nSPS) is 10.6. The van der Waals surface area contributed by atoms with Gasteiger partial charge in [0.1, 0.15) is 0 Å². The monoisotopic (exact) mass is 239 g/mol. The number of hydrogen-bond acceptors (Lipinski definition) is 2. The molecule has 1 heterocycles. The highest BCUT2D eigenvalue weighted by Crippen LogP contribution is 2.24. The van der Waals surface area contributed by atoms with Crippen molar-refractivity contribution >= 4 is 39.3 Å². The lowest BCUT2D eigenvalue weighted by molar-refractivity contribution is 0.108. The molecule has 0 amide bonds. The Hall–Kier alpha value is -1.12. The van der Waals surface area contributed by atoms with Crippen molar-refractivity contribution in [3.8, 4) is 0 Å². The van der Waals surface area contributed by atoms with Crippen LogP contribution in [0.3, 0.4) is 0 Å². The molecule has 4 heteroatoms. The van der Waals surface area contributed by atoms with Gasteiger partial charge in [-0.05, 0) is 42.8 Å². The smallest absolute Gasteiger partial charge is 0.252 e. The Kier molecular flexibility index (Phi) is 2.63. The van der Waals surface area contributed by atoms with E-state index in [1.54, 1.807) is 24.3 Å². The Morgan fingerprint density at radius 3 is 2.73 bits per heavy atom. The topological polar surface area (TPSA) is 30.0 Å². The van der Waals surface area contributed by atoms with Crippen LogP contribution >= 0.6 is 23.2 Å². The van der Waals surface area contributed by atoms with Crippen LogP contribution in [0.5, 0.6) is 0 Å². The van der Waals surface area contributed by atoms with Gasteiger partial charge in [0.25, 0.3) is 5.24 Å². The van der Waals surface area contributed by atoms with Gasteiger partial charge in [-0.25, -0.2) is 0 Å². The van der Waals surface area contributed by atoms with Gasteiger partial charge in [-0.15, -0.1) is 0 Å². The molecule has 0 atom stereocenters. The molecule has 0 radical (unpaired) electrons. The molecule has 0 aliphatic rings. The number of carbonyl (C=O) groups excluding carboxylic acids is 1. The van der Waals surface area contributed by atoms with Gasteiger partial charge in [-0.2, -0.15) is 0 Å². The second-order valence-electron chi connectivity index (χ2n) is 3.25. The largest absolute Gasteiger partial charge is 0.276 e. The van der Waals surface area contributed by atoms with Crippen molar-refractivity contribution < 1.29 is 4.79 Å². The first kappa shape index (κ1) is 10.4. The van der Waals surface area contributed by atoms with Gasteiger partial charge >= 0.3 is 0 Å². The van der Waals surface area contributed by atoms with E-state index in [1.807, 2.05) is 6.92 Å². The maximum absolute atomic E-state index is 11.0. The summed E-state index contributed by atoms with van der Waals surface area (Å²) in [4.78, 5) is 15.3. The number of nitrogens with zero attached hydrogens (tertiary/aromatic N) is 1. The molecule has 0 saturated heterocycles. The third kappa shape index (κ3) is 1.96. The molecule has 76 valence electrons. The Morgan fingerprint density at radius 1 is 1.33 bits per heavy atom. The van der Waals surface area contributed by atoms with E-state index >= 15 is 0 Å². The molecule has 0 fully saturated rings. The maximum atomic E-state index is 11.0. The van der Waals surface area contributed by atoms with Gasteiger partial charge in [-0.1, -0.05) is 11.6 Å². The number of pyridine rings is 1. The van der Waals surface area contributed by atoms with Crippen LogP contribution in [-0.2, 0) is 0 Å². The zero-order valence-corrected chi connectivity index (χ0v) is 9.43. The Balaban J connectivity index is 2.76. The highest BCUT2D eigenvalue weighted by Gasteiger charge is 2.06. The molecule has 0 spiro atoms. The van der Waals surface area contributed by atoms with Crippen LogP contribution in [0.15, 0.2) is 24.3 Å². The molecule has 2 nitrogen and oxygen atoms in total. The van der Waals surface area contributed by atoms with Crippen molar-refractivity contribution in [2.24, 2.45) is 0 Å². The first-order valence-corrected chi connectivity index (χ1v) is 5.10. The Labute approximate surface area is 96.8 Å². The van der Waals surface area contributed by atoms with E-state index in [4.69, 9.17) is 23.2 Å². The molecule has 0 aliphatic carbocycles. The number of halogens is 2. The Bertz CT molecular complexity index is 552. The first-order chi connectivity index (χ1) is 7.08. The molecule has 1 aromatic heterocycles. The zero-order chi connectivity index (χ0) is 11.0. The summed E-state index contributed by atoms with van der Waals surface area (Å²) in [5, 5.41) is 0.833. The van der Waals surface area contributed by atoms with Crippen molar-refractivity contribution in [3.63, 3.8) is 0 Å². The summed E-state index contributed by atoms with van der Waals surface area (Å²) in [6.07, 6.45) is 0. The maximum Gasteiger partial charge on any atom is 0.252 e. The highest BCUT2D eigenvalue weighted by molar-refractivity contribution is 6.67. The van der Waals surface area contributed by atoms with Crippen molar-refractivity contribution in [1.29, 1.82) is 0 Å². The lowest BCUT2D eigenvalue weighted by atomic mass is 10.1. The summed E-state index contributed by atoms with van der Waals surface area (Å²) < 4.78 is 0. The van der Waals surface area contributed by atoms with Gasteiger partial charge in [0, 0.05) is 16.6 Å². The van der Waals surface area contributed by atoms with E-state index in [-0.39, 0.29) is 0 Å². The molecule has 2 aromatic rings. The van der Waals surface area contributed by atoms with Crippen LogP contribution < -0.4 is 0 Å². The van der Waals surface area contributed by atoms with Gasteiger partial charge in [0.2, 0.25) is 0 Å². The molecule has 0 saturated carbocycles.